The molecule has 2 aliphatic heterocycles. The summed E-state index contributed by atoms with van der Waals surface area (Å²) in [5, 5.41) is 11.4. The molecule has 1 atom stereocenters. The van der Waals surface area contributed by atoms with Crippen molar-refractivity contribution in [2.24, 2.45) is 0 Å². The highest BCUT2D eigenvalue weighted by Gasteiger charge is 2.45. The van der Waals surface area contributed by atoms with Gasteiger partial charge in [-0.3, -0.25) is 14.5 Å². The third-order valence-electron chi connectivity index (χ3n) is 6.89. The number of hydrogen-bond acceptors (Lipinski definition) is 7. The Balaban J connectivity index is 1.67. The lowest BCUT2D eigenvalue weighted by atomic mass is 9.94. The van der Waals surface area contributed by atoms with Crippen LogP contribution in [0.15, 0.2) is 73.3 Å². The average Bonchev–Trinajstić information content (AvgIpc) is 3.21. The van der Waals surface area contributed by atoms with Crippen LogP contribution in [0.25, 0.3) is 5.76 Å². The number of hydrogen-bond donors (Lipinski definition) is 1. The lowest BCUT2D eigenvalue weighted by Gasteiger charge is -2.29. The van der Waals surface area contributed by atoms with Crippen LogP contribution in [0.4, 0.5) is 0 Å². The van der Waals surface area contributed by atoms with Crippen molar-refractivity contribution in [3.05, 3.63) is 90.0 Å². The number of aliphatic hydroxyl groups excluding tert-OH is 1. The van der Waals surface area contributed by atoms with E-state index in [2.05, 4.69) is 18.1 Å². The Morgan fingerprint density at radius 1 is 1.03 bits per heavy atom. The largest absolute Gasteiger partial charge is 0.507 e. The summed E-state index contributed by atoms with van der Waals surface area (Å²) < 4.78 is 16.7. The van der Waals surface area contributed by atoms with E-state index in [0.717, 1.165) is 30.8 Å². The molecule has 2 fully saturated rings. The fourth-order valence-electron chi connectivity index (χ4n) is 4.91. The van der Waals surface area contributed by atoms with Crippen molar-refractivity contribution in [2.45, 2.75) is 19.4 Å². The third-order valence-corrected chi connectivity index (χ3v) is 6.89. The molecule has 1 N–H and O–H groups in total. The number of Topliss-reactive ketones (excluding diaryl/α,β-unsaturated/α-hetero) is 1. The highest BCUT2D eigenvalue weighted by atomic mass is 16.5. The number of rotatable bonds is 12. The summed E-state index contributed by atoms with van der Waals surface area (Å²) in [6, 6.07) is 11.7. The maximum Gasteiger partial charge on any atom is 0.295 e. The van der Waals surface area contributed by atoms with Gasteiger partial charge in [0.1, 0.15) is 30.5 Å². The van der Waals surface area contributed by atoms with Crippen molar-refractivity contribution >= 4 is 17.4 Å². The van der Waals surface area contributed by atoms with Crippen LogP contribution in [0.2, 0.25) is 0 Å². The maximum absolute atomic E-state index is 13.4. The van der Waals surface area contributed by atoms with E-state index in [1.54, 1.807) is 47.4 Å². The summed E-state index contributed by atoms with van der Waals surface area (Å²) in [5.41, 5.74) is 2.03. The van der Waals surface area contributed by atoms with Gasteiger partial charge >= 0.3 is 0 Å². The summed E-state index contributed by atoms with van der Waals surface area (Å²) in [5.74, 6) is -0.214. The van der Waals surface area contributed by atoms with E-state index in [-0.39, 0.29) is 11.3 Å². The van der Waals surface area contributed by atoms with Crippen LogP contribution < -0.4 is 9.47 Å². The number of morpholine rings is 1. The van der Waals surface area contributed by atoms with Gasteiger partial charge in [0.2, 0.25) is 0 Å². The molecule has 0 bridgehead atoms. The van der Waals surface area contributed by atoms with E-state index in [1.807, 2.05) is 19.1 Å². The van der Waals surface area contributed by atoms with Crippen LogP contribution in [0, 0.1) is 6.92 Å². The number of carbonyl (C=O) groups excluding carboxylic acids is 2. The van der Waals surface area contributed by atoms with E-state index in [1.165, 1.54) is 0 Å². The number of ether oxygens (including phenoxy) is 3. The zero-order chi connectivity index (χ0) is 27.8. The van der Waals surface area contributed by atoms with Crippen molar-refractivity contribution in [1.82, 2.24) is 9.80 Å². The van der Waals surface area contributed by atoms with Gasteiger partial charge < -0.3 is 24.2 Å². The van der Waals surface area contributed by atoms with E-state index < -0.39 is 17.7 Å². The molecule has 2 aliphatic rings. The number of aliphatic hydroxyl groups is 1. The Morgan fingerprint density at radius 2 is 1.72 bits per heavy atom. The van der Waals surface area contributed by atoms with Crippen molar-refractivity contribution in [2.75, 3.05) is 52.6 Å². The molecule has 8 nitrogen and oxygen atoms in total. The standard InChI is InChI=1S/C31H36N2O6/c1-4-17-38-25-10-7-23(8-11-25)28-27(29(34)24-9-12-26(22(3)21-24)39-18-5-2)30(35)31(36)33(28)14-6-13-32-15-19-37-20-16-32/h4-5,7-12,21,28,34H,1-2,6,13-20H2,3H3/b29-27+. The minimum atomic E-state index is -0.722. The van der Waals surface area contributed by atoms with Crippen molar-refractivity contribution in [3.8, 4) is 11.5 Å². The second-order valence-corrected chi connectivity index (χ2v) is 9.55. The van der Waals surface area contributed by atoms with E-state index >= 15 is 0 Å². The predicted octanol–water partition coefficient (Wildman–Crippen LogP) is 4.27. The van der Waals surface area contributed by atoms with Crippen LogP contribution in [0.3, 0.4) is 0 Å². The lowest BCUT2D eigenvalue weighted by molar-refractivity contribution is -0.140. The SMILES string of the molecule is C=CCOc1ccc(C2/C(=C(\O)c3ccc(OCC=C)c(C)c3)C(=O)C(=O)N2CCCN2CCOCC2)cc1. The smallest absolute Gasteiger partial charge is 0.295 e. The Kier molecular flexibility index (Phi) is 9.57. The normalized spacial score (nSPS) is 19.2. The van der Waals surface area contributed by atoms with Crippen molar-refractivity contribution in [3.63, 3.8) is 0 Å². The van der Waals surface area contributed by atoms with Gasteiger partial charge in [-0.25, -0.2) is 0 Å². The number of carbonyl (C=O) groups is 2. The molecule has 0 aromatic heterocycles. The first kappa shape index (κ1) is 28.1. The zero-order valence-electron chi connectivity index (χ0n) is 22.4. The minimum absolute atomic E-state index is 0.0743. The molecule has 0 spiro atoms. The zero-order valence-corrected chi connectivity index (χ0v) is 22.4. The van der Waals surface area contributed by atoms with Gasteiger partial charge in [-0.2, -0.15) is 0 Å². The summed E-state index contributed by atoms with van der Waals surface area (Å²) in [7, 11) is 0. The molecule has 8 heteroatoms. The highest BCUT2D eigenvalue weighted by molar-refractivity contribution is 6.46. The van der Waals surface area contributed by atoms with Crippen LogP contribution in [-0.2, 0) is 14.3 Å². The maximum atomic E-state index is 13.4. The second kappa shape index (κ2) is 13.3. The first-order chi connectivity index (χ1) is 18.9. The molecule has 0 saturated carbocycles. The summed E-state index contributed by atoms with van der Waals surface area (Å²) in [4.78, 5) is 30.5. The number of aryl methyl sites for hydroxylation is 1. The predicted molar refractivity (Wildman–Crippen MR) is 150 cm³/mol. The fraction of sp³-hybridized carbons (Fsp3) is 0.355. The molecule has 1 unspecified atom stereocenters. The Morgan fingerprint density at radius 3 is 2.38 bits per heavy atom. The molecular formula is C31H36N2O6. The highest BCUT2D eigenvalue weighted by Crippen LogP contribution is 2.40. The molecule has 39 heavy (non-hydrogen) atoms. The first-order valence-corrected chi connectivity index (χ1v) is 13.2. The Labute approximate surface area is 229 Å². The summed E-state index contributed by atoms with van der Waals surface area (Å²) >= 11 is 0. The molecule has 0 radical (unpaired) electrons. The Bertz CT molecular complexity index is 1230. The molecule has 0 aliphatic carbocycles. The molecule has 206 valence electrons. The van der Waals surface area contributed by atoms with Crippen LogP contribution in [-0.4, -0.2) is 79.2 Å². The van der Waals surface area contributed by atoms with E-state index in [9.17, 15) is 14.7 Å². The van der Waals surface area contributed by atoms with Crippen molar-refractivity contribution < 1.29 is 28.9 Å². The van der Waals surface area contributed by atoms with Gasteiger partial charge in [-0.1, -0.05) is 37.4 Å². The monoisotopic (exact) mass is 532 g/mol. The van der Waals surface area contributed by atoms with Gasteiger partial charge in [-0.05, 0) is 54.8 Å². The molecular weight excluding hydrogens is 496 g/mol. The number of benzene rings is 2. The molecule has 4 rings (SSSR count). The molecule has 1 amide bonds. The van der Waals surface area contributed by atoms with Gasteiger partial charge in [0.25, 0.3) is 11.7 Å². The Hall–Kier alpha value is -3.88. The lowest BCUT2D eigenvalue weighted by Crippen LogP contribution is -2.38. The number of amides is 1. The summed E-state index contributed by atoms with van der Waals surface area (Å²) in [6.45, 7) is 14.2. The first-order valence-electron chi connectivity index (χ1n) is 13.2. The van der Waals surface area contributed by atoms with Crippen molar-refractivity contribution in [1.29, 1.82) is 0 Å². The number of nitrogens with zero attached hydrogens (tertiary/aromatic N) is 2. The summed E-state index contributed by atoms with van der Waals surface area (Å²) in [6.07, 6.45) is 4.01. The van der Waals surface area contributed by atoms with E-state index in [0.29, 0.717) is 56.5 Å². The van der Waals surface area contributed by atoms with Crippen LogP contribution >= 0.6 is 0 Å². The quantitative estimate of drug-likeness (QED) is 0.189. The third kappa shape index (κ3) is 6.58. The fourth-order valence-corrected chi connectivity index (χ4v) is 4.91. The topological polar surface area (TPSA) is 88.5 Å². The number of ketones is 1. The van der Waals surface area contributed by atoms with Gasteiger partial charge in [0, 0.05) is 31.7 Å². The van der Waals surface area contributed by atoms with Gasteiger partial charge in [0.05, 0.1) is 24.8 Å². The minimum Gasteiger partial charge on any atom is -0.507 e. The molecule has 2 aromatic rings. The van der Waals surface area contributed by atoms with Gasteiger partial charge in [0.15, 0.2) is 0 Å². The molecule has 2 heterocycles. The van der Waals surface area contributed by atoms with Crippen LogP contribution in [0.5, 0.6) is 11.5 Å². The van der Waals surface area contributed by atoms with Crippen LogP contribution in [0.1, 0.15) is 29.2 Å². The number of likely N-dealkylation sites (tertiary alicyclic amines) is 1. The molecule has 2 aromatic carbocycles. The second-order valence-electron chi connectivity index (χ2n) is 9.55. The average molecular weight is 533 g/mol. The molecule has 2 saturated heterocycles. The van der Waals surface area contributed by atoms with Gasteiger partial charge in [-0.15, -0.1) is 0 Å². The van der Waals surface area contributed by atoms with E-state index in [4.69, 9.17) is 14.2 Å².